The number of aromatic nitrogens is 2. The number of methoxy groups -OCH3 is 1. The minimum atomic E-state index is -4.67. The second kappa shape index (κ2) is 4.85. The molecular weight excluding hydrogens is 251 g/mol. The van der Waals surface area contributed by atoms with Crippen molar-refractivity contribution in [2.75, 3.05) is 7.11 Å². The fourth-order valence-electron chi connectivity index (χ4n) is 1.36. The van der Waals surface area contributed by atoms with Gasteiger partial charge in [-0.25, -0.2) is 0 Å². The number of hydrogen-bond acceptors (Lipinski definition) is 5. The highest BCUT2D eigenvalue weighted by Gasteiger charge is 2.53. The molecule has 0 amide bonds. The van der Waals surface area contributed by atoms with Crippen LogP contribution in [0.1, 0.15) is 38.6 Å². The van der Waals surface area contributed by atoms with Gasteiger partial charge in [-0.05, 0) is 12.8 Å². The quantitative estimate of drug-likeness (QED) is 0.904. The van der Waals surface area contributed by atoms with E-state index >= 15 is 0 Å². The highest BCUT2D eigenvalue weighted by atomic mass is 19.4. The smallest absolute Gasteiger partial charge is 0.373 e. The molecule has 2 atom stereocenters. The fraction of sp³-hybridized carbons (Fsp3) is 0.800. The fourth-order valence-corrected chi connectivity index (χ4v) is 1.36. The van der Waals surface area contributed by atoms with E-state index in [1.807, 2.05) is 13.8 Å². The van der Waals surface area contributed by atoms with Crippen LogP contribution >= 0.6 is 0 Å². The molecule has 18 heavy (non-hydrogen) atoms. The average molecular weight is 267 g/mol. The molecule has 0 saturated heterocycles. The summed E-state index contributed by atoms with van der Waals surface area (Å²) in [7, 11) is 1.42. The van der Waals surface area contributed by atoms with E-state index in [4.69, 9.17) is 10.5 Å². The summed E-state index contributed by atoms with van der Waals surface area (Å²) < 4.78 is 47.8. The third-order valence-electron chi connectivity index (χ3n) is 2.59. The van der Waals surface area contributed by atoms with E-state index in [1.165, 1.54) is 7.11 Å². The Labute approximate surface area is 102 Å². The van der Waals surface area contributed by atoms with Crippen LogP contribution in [-0.4, -0.2) is 23.4 Å². The SMILES string of the molecule is COC(c1noc(C(C)(N)C(F)(F)F)n1)C(C)C. The van der Waals surface area contributed by atoms with Gasteiger partial charge in [-0.2, -0.15) is 18.2 Å². The third kappa shape index (κ3) is 2.64. The van der Waals surface area contributed by atoms with Crippen molar-refractivity contribution < 1.29 is 22.4 Å². The molecule has 0 aromatic carbocycles. The summed E-state index contributed by atoms with van der Waals surface area (Å²) in [4.78, 5) is 3.69. The van der Waals surface area contributed by atoms with Crippen LogP contribution in [0.3, 0.4) is 0 Å². The number of nitrogens with zero attached hydrogens (tertiary/aromatic N) is 2. The lowest BCUT2D eigenvalue weighted by molar-refractivity contribution is -0.190. The molecule has 0 radical (unpaired) electrons. The van der Waals surface area contributed by atoms with E-state index in [9.17, 15) is 13.2 Å². The molecule has 1 aromatic rings. The zero-order valence-corrected chi connectivity index (χ0v) is 10.6. The normalized spacial score (nSPS) is 17.8. The number of hydrogen-bond donors (Lipinski definition) is 1. The van der Waals surface area contributed by atoms with Crippen LogP contribution in [0.5, 0.6) is 0 Å². The van der Waals surface area contributed by atoms with Gasteiger partial charge in [0.15, 0.2) is 5.54 Å². The molecule has 0 aliphatic carbocycles. The monoisotopic (exact) mass is 267 g/mol. The Morgan fingerprint density at radius 1 is 1.33 bits per heavy atom. The van der Waals surface area contributed by atoms with Crippen molar-refractivity contribution >= 4 is 0 Å². The van der Waals surface area contributed by atoms with Crippen molar-refractivity contribution in [3.8, 4) is 0 Å². The lowest BCUT2D eigenvalue weighted by Crippen LogP contribution is -2.48. The highest BCUT2D eigenvalue weighted by Crippen LogP contribution is 2.36. The standard InChI is InChI=1S/C10H16F3N3O2/c1-5(2)6(17-4)7-15-8(18-16-7)9(3,14)10(11,12)13/h5-6H,14H2,1-4H3. The molecule has 104 valence electrons. The first kappa shape index (κ1) is 14.9. The number of halogens is 3. The Morgan fingerprint density at radius 2 is 1.89 bits per heavy atom. The molecule has 0 spiro atoms. The van der Waals surface area contributed by atoms with Crippen LogP contribution in [0.25, 0.3) is 0 Å². The molecule has 1 aromatic heterocycles. The summed E-state index contributed by atoms with van der Waals surface area (Å²) >= 11 is 0. The Hall–Kier alpha value is -1.15. The van der Waals surface area contributed by atoms with Crippen LogP contribution < -0.4 is 5.73 Å². The van der Waals surface area contributed by atoms with E-state index in [1.54, 1.807) is 0 Å². The molecule has 1 heterocycles. The molecular formula is C10H16F3N3O2. The van der Waals surface area contributed by atoms with Crippen molar-refractivity contribution in [1.29, 1.82) is 0 Å². The van der Waals surface area contributed by atoms with Crippen molar-refractivity contribution in [2.24, 2.45) is 11.7 Å². The Kier molecular flexibility index (Phi) is 4.02. The van der Waals surface area contributed by atoms with Crippen LogP contribution in [0.15, 0.2) is 4.52 Å². The summed E-state index contributed by atoms with van der Waals surface area (Å²) in [6.45, 7) is 4.44. The summed E-state index contributed by atoms with van der Waals surface area (Å²) in [6, 6.07) is 0. The maximum atomic E-state index is 12.7. The van der Waals surface area contributed by atoms with Gasteiger partial charge in [0.25, 0.3) is 5.89 Å². The van der Waals surface area contributed by atoms with Gasteiger partial charge in [-0.3, -0.25) is 0 Å². The van der Waals surface area contributed by atoms with Crippen molar-refractivity contribution in [3.63, 3.8) is 0 Å². The third-order valence-corrected chi connectivity index (χ3v) is 2.59. The van der Waals surface area contributed by atoms with Crippen molar-refractivity contribution in [2.45, 2.75) is 38.6 Å². The number of rotatable bonds is 4. The highest BCUT2D eigenvalue weighted by molar-refractivity contribution is 5.05. The minimum Gasteiger partial charge on any atom is -0.373 e. The van der Waals surface area contributed by atoms with Gasteiger partial charge in [-0.1, -0.05) is 19.0 Å². The van der Waals surface area contributed by atoms with Gasteiger partial charge >= 0.3 is 6.18 Å². The van der Waals surface area contributed by atoms with Crippen molar-refractivity contribution in [1.82, 2.24) is 10.1 Å². The molecule has 0 bridgehead atoms. The first-order chi connectivity index (χ1) is 8.11. The Bertz CT molecular complexity index is 401. The van der Waals surface area contributed by atoms with E-state index in [-0.39, 0.29) is 11.7 Å². The molecule has 0 aliphatic rings. The van der Waals surface area contributed by atoms with Crippen LogP contribution in [0, 0.1) is 5.92 Å². The van der Waals surface area contributed by atoms with Gasteiger partial charge in [-0.15, -0.1) is 0 Å². The maximum Gasteiger partial charge on any atom is 0.415 e. The summed E-state index contributed by atoms with van der Waals surface area (Å²) in [5.74, 6) is -0.619. The topological polar surface area (TPSA) is 74.2 Å². The molecule has 0 aliphatic heterocycles. The van der Waals surface area contributed by atoms with Gasteiger partial charge < -0.3 is 15.0 Å². The summed E-state index contributed by atoms with van der Waals surface area (Å²) in [5.41, 5.74) is 2.51. The number of alkyl halides is 3. The molecule has 2 N–H and O–H groups in total. The lowest BCUT2D eigenvalue weighted by atomic mass is 10.0. The molecule has 8 heteroatoms. The van der Waals surface area contributed by atoms with Crippen LogP contribution in [0.2, 0.25) is 0 Å². The first-order valence-corrected chi connectivity index (χ1v) is 5.33. The minimum absolute atomic E-state index is 0.00429. The molecule has 0 saturated carbocycles. The Morgan fingerprint density at radius 3 is 2.28 bits per heavy atom. The second-order valence-electron chi connectivity index (χ2n) is 4.56. The molecule has 2 unspecified atom stereocenters. The van der Waals surface area contributed by atoms with Crippen molar-refractivity contribution in [3.05, 3.63) is 11.7 Å². The van der Waals surface area contributed by atoms with E-state index in [2.05, 4.69) is 14.7 Å². The first-order valence-electron chi connectivity index (χ1n) is 5.33. The zero-order chi connectivity index (χ0) is 14.1. The predicted molar refractivity (Wildman–Crippen MR) is 56.5 cm³/mol. The second-order valence-corrected chi connectivity index (χ2v) is 4.56. The zero-order valence-electron chi connectivity index (χ0n) is 10.6. The molecule has 0 fully saturated rings. The predicted octanol–water partition coefficient (Wildman–Crippen LogP) is 2.15. The van der Waals surface area contributed by atoms with E-state index < -0.39 is 23.7 Å². The lowest BCUT2D eigenvalue weighted by Gasteiger charge is -2.23. The maximum absolute atomic E-state index is 12.7. The van der Waals surface area contributed by atoms with Crippen LogP contribution in [-0.2, 0) is 10.3 Å². The summed E-state index contributed by atoms with van der Waals surface area (Å²) in [5, 5.41) is 3.50. The van der Waals surface area contributed by atoms with E-state index in [0.29, 0.717) is 0 Å². The summed E-state index contributed by atoms with van der Waals surface area (Å²) in [6.07, 6.45) is -5.21. The molecule has 1 rings (SSSR count). The largest absolute Gasteiger partial charge is 0.415 e. The average Bonchev–Trinajstić information content (AvgIpc) is 2.66. The molecule has 5 nitrogen and oxygen atoms in total. The Balaban J connectivity index is 3.07. The van der Waals surface area contributed by atoms with Crippen LogP contribution in [0.4, 0.5) is 13.2 Å². The van der Waals surface area contributed by atoms with Gasteiger partial charge in [0.1, 0.15) is 6.10 Å². The van der Waals surface area contributed by atoms with Gasteiger partial charge in [0.05, 0.1) is 0 Å². The van der Waals surface area contributed by atoms with Gasteiger partial charge in [0, 0.05) is 7.11 Å². The van der Waals surface area contributed by atoms with E-state index in [0.717, 1.165) is 6.92 Å². The number of nitrogens with two attached hydrogens (primary N) is 1. The van der Waals surface area contributed by atoms with Gasteiger partial charge in [0.2, 0.25) is 5.82 Å². The number of ether oxygens (including phenoxy) is 1.